The minimum Gasteiger partial charge on any atom is -0.462 e. The number of hydrogen-bond acceptors (Lipinski definition) is 7. The van der Waals surface area contributed by atoms with Gasteiger partial charge in [0.1, 0.15) is 0 Å². The van der Waals surface area contributed by atoms with Crippen LogP contribution in [0.3, 0.4) is 0 Å². The van der Waals surface area contributed by atoms with E-state index in [0.29, 0.717) is 26.2 Å². The van der Waals surface area contributed by atoms with Crippen molar-refractivity contribution in [3.8, 4) is 0 Å². The number of ether oxygens (including phenoxy) is 3. The number of esters is 1. The van der Waals surface area contributed by atoms with Gasteiger partial charge in [0.25, 0.3) is 5.69 Å². The Bertz CT molecular complexity index is 492. The number of non-ortho nitro benzene ring substituents is 1. The van der Waals surface area contributed by atoms with Crippen molar-refractivity contribution in [3.63, 3.8) is 0 Å². The molecule has 0 saturated carbocycles. The van der Waals surface area contributed by atoms with Crippen molar-refractivity contribution in [2.45, 2.75) is 6.42 Å². The standard InChI is InChI=1S/C13H18N2O6/c1-19-7-8-20-5-2-6-21-13(16)11-4-3-10(15(17)18)9-12(11)14/h3-4,9H,2,5-8,14H2,1H3. The zero-order valence-corrected chi connectivity index (χ0v) is 11.7. The van der Waals surface area contributed by atoms with Gasteiger partial charge in [-0.05, 0) is 6.07 Å². The number of carbonyl (C=O) groups excluding carboxylic acids is 1. The number of nitrogens with two attached hydrogens (primary N) is 1. The molecule has 0 atom stereocenters. The van der Waals surface area contributed by atoms with Crippen LogP contribution in [0.5, 0.6) is 0 Å². The number of carbonyl (C=O) groups is 1. The molecule has 21 heavy (non-hydrogen) atoms. The Kier molecular flexibility index (Phi) is 7.13. The second kappa shape index (κ2) is 8.88. The van der Waals surface area contributed by atoms with Gasteiger partial charge >= 0.3 is 5.97 Å². The molecule has 1 aromatic carbocycles. The van der Waals surface area contributed by atoms with Crippen molar-refractivity contribution in [3.05, 3.63) is 33.9 Å². The lowest BCUT2D eigenvalue weighted by Crippen LogP contribution is -2.11. The Hall–Kier alpha value is -2.19. The predicted octanol–water partition coefficient (Wildman–Crippen LogP) is 1.39. The Balaban J connectivity index is 2.37. The molecule has 8 nitrogen and oxygen atoms in total. The molecule has 8 heteroatoms. The minimum atomic E-state index is -0.612. The third kappa shape index (κ3) is 5.76. The summed E-state index contributed by atoms with van der Waals surface area (Å²) >= 11 is 0. The minimum absolute atomic E-state index is 0.0190. The molecule has 116 valence electrons. The fourth-order valence-corrected chi connectivity index (χ4v) is 1.50. The number of nitrogen functional groups attached to an aromatic ring is 1. The maximum absolute atomic E-state index is 11.7. The maximum Gasteiger partial charge on any atom is 0.340 e. The maximum atomic E-state index is 11.7. The first kappa shape index (κ1) is 16.9. The monoisotopic (exact) mass is 298 g/mol. The van der Waals surface area contributed by atoms with Gasteiger partial charge in [-0.3, -0.25) is 10.1 Å². The Morgan fingerprint density at radius 2 is 2.05 bits per heavy atom. The summed E-state index contributed by atoms with van der Waals surface area (Å²) in [4.78, 5) is 21.7. The normalized spacial score (nSPS) is 10.3. The highest BCUT2D eigenvalue weighted by Gasteiger charge is 2.15. The first-order chi connectivity index (χ1) is 10.1. The van der Waals surface area contributed by atoms with Gasteiger partial charge in [-0.15, -0.1) is 0 Å². The third-order valence-electron chi connectivity index (χ3n) is 2.56. The summed E-state index contributed by atoms with van der Waals surface area (Å²) in [5.41, 5.74) is 5.56. The van der Waals surface area contributed by atoms with Crippen molar-refractivity contribution < 1.29 is 23.9 Å². The van der Waals surface area contributed by atoms with Crippen molar-refractivity contribution in [2.75, 3.05) is 39.3 Å². The second-order valence-corrected chi connectivity index (χ2v) is 4.12. The zero-order chi connectivity index (χ0) is 15.7. The lowest BCUT2D eigenvalue weighted by Gasteiger charge is -2.07. The summed E-state index contributed by atoms with van der Waals surface area (Å²) in [6.07, 6.45) is 0.544. The van der Waals surface area contributed by atoms with E-state index < -0.39 is 10.9 Å². The van der Waals surface area contributed by atoms with Crippen molar-refractivity contribution in [2.24, 2.45) is 0 Å². The van der Waals surface area contributed by atoms with Crippen LogP contribution in [0.4, 0.5) is 11.4 Å². The average molecular weight is 298 g/mol. The Labute approximate surface area is 121 Å². The summed E-state index contributed by atoms with van der Waals surface area (Å²) in [5, 5.41) is 10.6. The topological polar surface area (TPSA) is 114 Å². The average Bonchev–Trinajstić information content (AvgIpc) is 2.45. The molecule has 0 aromatic heterocycles. The molecular formula is C13H18N2O6. The van der Waals surface area contributed by atoms with Crippen LogP contribution in [0.15, 0.2) is 18.2 Å². The number of hydrogen-bond donors (Lipinski definition) is 1. The molecule has 0 aliphatic carbocycles. The number of methoxy groups -OCH3 is 1. The molecule has 0 spiro atoms. The summed E-state index contributed by atoms with van der Waals surface area (Å²) in [6.45, 7) is 1.63. The van der Waals surface area contributed by atoms with Crippen molar-refractivity contribution in [1.82, 2.24) is 0 Å². The van der Waals surface area contributed by atoms with Gasteiger partial charge < -0.3 is 19.9 Å². The number of nitrogens with zero attached hydrogens (tertiary/aromatic N) is 1. The van der Waals surface area contributed by atoms with E-state index in [4.69, 9.17) is 19.9 Å². The van der Waals surface area contributed by atoms with E-state index in [1.807, 2.05) is 0 Å². The fraction of sp³-hybridized carbons (Fsp3) is 0.462. The molecule has 1 rings (SSSR count). The number of anilines is 1. The molecule has 0 heterocycles. The SMILES string of the molecule is COCCOCCCOC(=O)c1ccc([N+](=O)[O-])cc1N. The van der Waals surface area contributed by atoms with Gasteiger partial charge in [-0.2, -0.15) is 0 Å². The van der Waals surface area contributed by atoms with Gasteiger partial charge in [-0.1, -0.05) is 0 Å². The summed E-state index contributed by atoms with van der Waals surface area (Å²) < 4.78 is 15.0. The van der Waals surface area contributed by atoms with Gasteiger partial charge in [0.05, 0.1) is 36.0 Å². The molecule has 0 aliphatic heterocycles. The molecule has 0 unspecified atom stereocenters. The van der Waals surface area contributed by atoms with Gasteiger partial charge in [0, 0.05) is 32.3 Å². The lowest BCUT2D eigenvalue weighted by atomic mass is 10.1. The molecule has 0 bridgehead atoms. The van der Waals surface area contributed by atoms with E-state index in [1.165, 1.54) is 12.1 Å². The van der Waals surface area contributed by atoms with Crippen LogP contribution in [0, 0.1) is 10.1 Å². The van der Waals surface area contributed by atoms with Crippen molar-refractivity contribution >= 4 is 17.3 Å². The van der Waals surface area contributed by atoms with Crippen LogP contribution in [0.25, 0.3) is 0 Å². The molecule has 0 aliphatic rings. The van der Waals surface area contributed by atoms with E-state index in [9.17, 15) is 14.9 Å². The zero-order valence-electron chi connectivity index (χ0n) is 11.7. The molecule has 0 saturated heterocycles. The lowest BCUT2D eigenvalue weighted by molar-refractivity contribution is -0.384. The molecule has 1 aromatic rings. The number of nitro benzene ring substituents is 1. The molecule has 0 radical (unpaired) electrons. The highest BCUT2D eigenvalue weighted by atomic mass is 16.6. The van der Waals surface area contributed by atoms with Crippen LogP contribution < -0.4 is 5.73 Å². The summed E-state index contributed by atoms with van der Waals surface area (Å²) in [6, 6.07) is 3.62. The van der Waals surface area contributed by atoms with E-state index in [2.05, 4.69) is 0 Å². The van der Waals surface area contributed by atoms with Crippen molar-refractivity contribution in [1.29, 1.82) is 0 Å². The molecule has 0 amide bonds. The first-order valence-corrected chi connectivity index (χ1v) is 6.34. The highest BCUT2D eigenvalue weighted by molar-refractivity contribution is 5.95. The number of benzene rings is 1. The van der Waals surface area contributed by atoms with Crippen LogP contribution >= 0.6 is 0 Å². The summed E-state index contributed by atoms with van der Waals surface area (Å²) in [5.74, 6) is -0.612. The third-order valence-corrected chi connectivity index (χ3v) is 2.56. The van der Waals surface area contributed by atoms with E-state index in [0.717, 1.165) is 6.07 Å². The van der Waals surface area contributed by atoms with Crippen LogP contribution in [-0.4, -0.2) is 44.4 Å². The molecule has 2 N–H and O–H groups in total. The Morgan fingerprint density at radius 1 is 1.29 bits per heavy atom. The first-order valence-electron chi connectivity index (χ1n) is 6.34. The highest BCUT2D eigenvalue weighted by Crippen LogP contribution is 2.20. The van der Waals surface area contributed by atoms with E-state index >= 15 is 0 Å². The second-order valence-electron chi connectivity index (χ2n) is 4.12. The molecular weight excluding hydrogens is 280 g/mol. The van der Waals surface area contributed by atoms with Gasteiger partial charge in [0.2, 0.25) is 0 Å². The van der Waals surface area contributed by atoms with E-state index in [1.54, 1.807) is 7.11 Å². The number of rotatable bonds is 9. The van der Waals surface area contributed by atoms with Gasteiger partial charge in [-0.25, -0.2) is 4.79 Å². The van der Waals surface area contributed by atoms with Crippen LogP contribution in [-0.2, 0) is 14.2 Å². The largest absolute Gasteiger partial charge is 0.462 e. The Morgan fingerprint density at radius 3 is 2.67 bits per heavy atom. The van der Waals surface area contributed by atoms with E-state index in [-0.39, 0.29) is 23.5 Å². The summed E-state index contributed by atoms with van der Waals surface area (Å²) in [7, 11) is 1.58. The van der Waals surface area contributed by atoms with Gasteiger partial charge in [0.15, 0.2) is 0 Å². The van der Waals surface area contributed by atoms with Crippen LogP contribution in [0.1, 0.15) is 16.8 Å². The molecule has 0 fully saturated rings. The predicted molar refractivity (Wildman–Crippen MR) is 75.1 cm³/mol. The quantitative estimate of drug-likeness (QED) is 0.241. The number of nitro groups is 1. The van der Waals surface area contributed by atoms with Crippen LogP contribution in [0.2, 0.25) is 0 Å². The smallest absolute Gasteiger partial charge is 0.340 e. The fourth-order valence-electron chi connectivity index (χ4n) is 1.50.